The summed E-state index contributed by atoms with van der Waals surface area (Å²) in [5.74, 6) is -0.990. The van der Waals surface area contributed by atoms with Gasteiger partial charge in [0.25, 0.3) is 10.1 Å². The standard InChI is InChI=1S/C15H30O5S/c1-8-14(5,6)11-15(7,13(2,3)4)12(16)20-9-10-21(17,18)19/h8-11H2,1-7H3,(H,17,18,19). The normalized spacial score (nSPS) is 16.4. The van der Waals surface area contributed by atoms with Crippen LogP contribution in [0.1, 0.15) is 61.3 Å². The third kappa shape index (κ3) is 6.34. The number of hydrogen-bond donors (Lipinski definition) is 1. The van der Waals surface area contributed by atoms with Gasteiger partial charge >= 0.3 is 5.97 Å². The van der Waals surface area contributed by atoms with Crippen LogP contribution in [0.15, 0.2) is 0 Å². The largest absolute Gasteiger partial charge is 0.464 e. The molecule has 0 saturated carbocycles. The summed E-state index contributed by atoms with van der Waals surface area (Å²) >= 11 is 0. The molecule has 0 aromatic carbocycles. The Hall–Kier alpha value is -0.620. The van der Waals surface area contributed by atoms with E-state index in [1.165, 1.54) is 0 Å². The Morgan fingerprint density at radius 1 is 1.10 bits per heavy atom. The smallest absolute Gasteiger partial charge is 0.312 e. The minimum atomic E-state index is -4.12. The van der Waals surface area contributed by atoms with Crippen LogP contribution < -0.4 is 0 Å². The van der Waals surface area contributed by atoms with Gasteiger partial charge in [0, 0.05) is 0 Å². The number of rotatable bonds is 7. The second-order valence-electron chi connectivity index (χ2n) is 7.70. The summed E-state index contributed by atoms with van der Waals surface area (Å²) in [6.45, 7) is 13.7. The summed E-state index contributed by atoms with van der Waals surface area (Å²) in [5.41, 5.74) is -1.08. The lowest BCUT2D eigenvalue weighted by Crippen LogP contribution is -2.45. The van der Waals surface area contributed by atoms with Crippen molar-refractivity contribution in [1.82, 2.24) is 0 Å². The van der Waals surface area contributed by atoms with E-state index in [9.17, 15) is 13.2 Å². The highest BCUT2D eigenvalue weighted by Gasteiger charge is 2.48. The zero-order valence-corrected chi connectivity index (χ0v) is 15.1. The van der Waals surface area contributed by atoms with Crippen molar-refractivity contribution >= 4 is 16.1 Å². The van der Waals surface area contributed by atoms with Gasteiger partial charge in [-0.1, -0.05) is 48.0 Å². The van der Waals surface area contributed by atoms with Gasteiger partial charge in [0.2, 0.25) is 0 Å². The molecule has 0 fully saturated rings. The van der Waals surface area contributed by atoms with Gasteiger partial charge in [0.15, 0.2) is 0 Å². The summed E-state index contributed by atoms with van der Waals surface area (Å²) in [5, 5.41) is 0. The second kappa shape index (κ2) is 6.65. The highest BCUT2D eigenvalue weighted by molar-refractivity contribution is 7.85. The van der Waals surface area contributed by atoms with Crippen LogP contribution in [-0.4, -0.2) is 31.3 Å². The first-order valence-corrected chi connectivity index (χ1v) is 8.88. The molecule has 0 heterocycles. The molecule has 1 atom stereocenters. The van der Waals surface area contributed by atoms with E-state index in [1.807, 2.05) is 27.7 Å². The van der Waals surface area contributed by atoms with Gasteiger partial charge in [0.05, 0.1) is 5.41 Å². The van der Waals surface area contributed by atoms with E-state index >= 15 is 0 Å². The van der Waals surface area contributed by atoms with Gasteiger partial charge in [-0.15, -0.1) is 0 Å². The predicted octanol–water partition coefficient (Wildman–Crippen LogP) is 3.30. The third-order valence-electron chi connectivity index (χ3n) is 4.47. The minimum Gasteiger partial charge on any atom is -0.464 e. The Balaban J connectivity index is 5.12. The Labute approximate surface area is 129 Å². The molecule has 1 unspecified atom stereocenters. The SMILES string of the molecule is CCC(C)(C)CC(C)(C(=O)OCCS(=O)(=O)O)C(C)(C)C. The van der Waals surface area contributed by atoms with Crippen molar-refractivity contribution in [2.45, 2.75) is 61.3 Å². The van der Waals surface area contributed by atoms with Crippen LogP contribution in [-0.2, 0) is 19.6 Å². The molecule has 0 aromatic rings. The zero-order chi connectivity index (χ0) is 17.1. The van der Waals surface area contributed by atoms with E-state index in [0.29, 0.717) is 6.42 Å². The van der Waals surface area contributed by atoms with Gasteiger partial charge < -0.3 is 4.74 Å². The van der Waals surface area contributed by atoms with Crippen LogP contribution in [0, 0.1) is 16.2 Å². The molecule has 0 radical (unpaired) electrons. The third-order valence-corrected chi connectivity index (χ3v) is 5.15. The fourth-order valence-electron chi connectivity index (χ4n) is 2.12. The van der Waals surface area contributed by atoms with Crippen LogP contribution in [0.2, 0.25) is 0 Å². The van der Waals surface area contributed by atoms with Crippen molar-refractivity contribution in [3.05, 3.63) is 0 Å². The molecule has 0 bridgehead atoms. The van der Waals surface area contributed by atoms with Crippen LogP contribution in [0.3, 0.4) is 0 Å². The number of carbonyl (C=O) groups is 1. The van der Waals surface area contributed by atoms with Crippen LogP contribution in [0.25, 0.3) is 0 Å². The zero-order valence-electron chi connectivity index (χ0n) is 14.3. The van der Waals surface area contributed by atoms with E-state index in [-0.39, 0.29) is 17.4 Å². The monoisotopic (exact) mass is 322 g/mol. The fourth-order valence-corrected chi connectivity index (χ4v) is 2.42. The van der Waals surface area contributed by atoms with E-state index in [2.05, 4.69) is 20.8 Å². The van der Waals surface area contributed by atoms with E-state index < -0.39 is 27.3 Å². The minimum absolute atomic E-state index is 0.0237. The summed E-state index contributed by atoms with van der Waals surface area (Å²) < 4.78 is 35.2. The average molecular weight is 322 g/mol. The van der Waals surface area contributed by atoms with E-state index in [4.69, 9.17) is 9.29 Å². The molecule has 0 aliphatic rings. The first kappa shape index (κ1) is 20.4. The van der Waals surface area contributed by atoms with Gasteiger partial charge in [0.1, 0.15) is 12.4 Å². The number of ether oxygens (including phenoxy) is 1. The summed E-state index contributed by atoms with van der Waals surface area (Å²) in [7, 11) is -4.12. The molecule has 21 heavy (non-hydrogen) atoms. The molecule has 0 aromatic heterocycles. The lowest BCUT2D eigenvalue weighted by molar-refractivity contribution is -0.164. The van der Waals surface area contributed by atoms with Crippen molar-refractivity contribution in [2.24, 2.45) is 16.2 Å². The molecular weight excluding hydrogens is 292 g/mol. The van der Waals surface area contributed by atoms with Gasteiger partial charge in [-0.25, -0.2) is 0 Å². The maximum Gasteiger partial charge on any atom is 0.312 e. The molecule has 1 N–H and O–H groups in total. The van der Waals surface area contributed by atoms with E-state index in [1.54, 1.807) is 0 Å². The first-order chi connectivity index (χ1) is 9.15. The highest BCUT2D eigenvalue weighted by Crippen LogP contribution is 2.48. The van der Waals surface area contributed by atoms with Crippen LogP contribution in [0.5, 0.6) is 0 Å². The van der Waals surface area contributed by atoms with Crippen molar-refractivity contribution in [3.8, 4) is 0 Å². The summed E-state index contributed by atoms with van der Waals surface area (Å²) in [6, 6.07) is 0. The predicted molar refractivity (Wildman–Crippen MR) is 83.6 cm³/mol. The molecule has 0 aliphatic heterocycles. The van der Waals surface area contributed by atoms with Crippen LogP contribution in [0.4, 0.5) is 0 Å². The van der Waals surface area contributed by atoms with Crippen molar-refractivity contribution in [1.29, 1.82) is 0 Å². The first-order valence-electron chi connectivity index (χ1n) is 7.27. The molecule has 5 nitrogen and oxygen atoms in total. The van der Waals surface area contributed by atoms with Crippen molar-refractivity contribution in [3.63, 3.8) is 0 Å². The molecule has 126 valence electrons. The average Bonchev–Trinajstić information content (AvgIpc) is 2.24. The number of esters is 1. The Morgan fingerprint density at radius 3 is 1.90 bits per heavy atom. The molecule has 0 aliphatic carbocycles. The maximum absolute atomic E-state index is 12.5. The van der Waals surface area contributed by atoms with Crippen molar-refractivity contribution in [2.75, 3.05) is 12.4 Å². The van der Waals surface area contributed by atoms with Gasteiger partial charge in [-0.05, 0) is 24.2 Å². The van der Waals surface area contributed by atoms with Crippen molar-refractivity contribution < 1.29 is 22.5 Å². The summed E-state index contributed by atoms with van der Waals surface area (Å²) in [6.07, 6.45) is 1.57. The number of carbonyl (C=O) groups excluding carboxylic acids is 1. The quantitative estimate of drug-likeness (QED) is 0.574. The highest BCUT2D eigenvalue weighted by atomic mass is 32.2. The maximum atomic E-state index is 12.5. The Bertz CT molecular complexity index is 459. The van der Waals surface area contributed by atoms with Gasteiger partial charge in [-0.3, -0.25) is 9.35 Å². The molecule has 0 rings (SSSR count). The summed E-state index contributed by atoms with van der Waals surface area (Å²) in [4.78, 5) is 12.5. The number of hydrogen-bond acceptors (Lipinski definition) is 4. The lowest BCUT2D eigenvalue weighted by Gasteiger charge is -2.44. The Morgan fingerprint density at radius 2 is 1.57 bits per heavy atom. The van der Waals surface area contributed by atoms with Crippen LogP contribution >= 0.6 is 0 Å². The van der Waals surface area contributed by atoms with E-state index in [0.717, 1.165) is 6.42 Å². The van der Waals surface area contributed by atoms with Gasteiger partial charge in [-0.2, -0.15) is 8.42 Å². The second-order valence-corrected chi connectivity index (χ2v) is 9.27. The molecule has 0 amide bonds. The molecular formula is C15H30O5S. The molecule has 6 heteroatoms. The Kier molecular flexibility index (Phi) is 6.45. The fraction of sp³-hybridized carbons (Fsp3) is 0.933. The lowest BCUT2D eigenvalue weighted by atomic mass is 9.60. The topological polar surface area (TPSA) is 80.7 Å². The molecule has 0 spiro atoms. The molecule has 0 saturated heterocycles.